The molecule has 0 aromatic rings. The van der Waals surface area contributed by atoms with E-state index in [0.717, 1.165) is 0 Å². The first-order chi connectivity index (χ1) is 5.21. The van der Waals surface area contributed by atoms with Crippen molar-refractivity contribution < 1.29 is 9.90 Å². The molecule has 2 N–H and O–H groups in total. The summed E-state index contributed by atoms with van der Waals surface area (Å²) in [5.41, 5.74) is -0.971. The lowest BCUT2D eigenvalue weighted by atomic mass is 9.94. The van der Waals surface area contributed by atoms with Gasteiger partial charge in [-0.15, -0.1) is 0 Å². The molecule has 0 aromatic carbocycles. The molecule has 0 aromatic heterocycles. The maximum absolute atomic E-state index is 11.2. The minimum Gasteiger partial charge on any atom is -0.394 e. The number of carbonyl (C=O) groups is 1. The second-order valence-corrected chi connectivity index (χ2v) is 4.42. The average Bonchev–Trinajstić information content (AvgIpc) is 1.83. The summed E-state index contributed by atoms with van der Waals surface area (Å²) in [7, 11) is 0. The Kier molecular flexibility index (Phi) is 3.42. The highest BCUT2D eigenvalue weighted by Gasteiger charge is 2.32. The van der Waals surface area contributed by atoms with Crippen LogP contribution in [0.2, 0.25) is 0 Å². The summed E-state index contributed by atoms with van der Waals surface area (Å²) in [5.74, 6) is -0.0417. The number of nitrogens with one attached hydrogen (secondary N) is 1. The molecule has 0 amide bonds. The smallest absolute Gasteiger partial charge is 0.151 e. The van der Waals surface area contributed by atoms with Gasteiger partial charge in [0.2, 0.25) is 0 Å². The Morgan fingerprint density at radius 1 is 1.33 bits per heavy atom. The second-order valence-electron chi connectivity index (χ2n) is 4.42. The van der Waals surface area contributed by atoms with Crippen molar-refractivity contribution in [2.24, 2.45) is 0 Å². The van der Waals surface area contributed by atoms with Gasteiger partial charge in [-0.25, -0.2) is 0 Å². The van der Waals surface area contributed by atoms with Gasteiger partial charge in [0, 0.05) is 5.54 Å². The van der Waals surface area contributed by atoms with Gasteiger partial charge in [-0.2, -0.15) is 0 Å². The third kappa shape index (κ3) is 3.32. The summed E-state index contributed by atoms with van der Waals surface area (Å²) < 4.78 is 0. The number of ketones is 1. The molecular weight excluding hydrogens is 154 g/mol. The SMILES string of the molecule is CC(=O)[C@](C)(CO)NC(C)(C)C. The van der Waals surface area contributed by atoms with Crippen LogP contribution in [0, 0.1) is 0 Å². The molecule has 0 fully saturated rings. The summed E-state index contributed by atoms with van der Waals surface area (Å²) in [6.45, 7) is 8.91. The topological polar surface area (TPSA) is 49.3 Å². The molecule has 0 unspecified atom stereocenters. The monoisotopic (exact) mass is 173 g/mol. The van der Waals surface area contributed by atoms with Gasteiger partial charge in [0.25, 0.3) is 0 Å². The molecule has 0 bridgehead atoms. The summed E-state index contributed by atoms with van der Waals surface area (Å²) in [6, 6.07) is 0. The van der Waals surface area contributed by atoms with E-state index in [-0.39, 0.29) is 17.9 Å². The molecule has 0 spiro atoms. The van der Waals surface area contributed by atoms with Crippen LogP contribution in [0.4, 0.5) is 0 Å². The summed E-state index contributed by atoms with van der Waals surface area (Å²) in [6.07, 6.45) is 0. The zero-order chi connectivity index (χ0) is 9.99. The highest BCUT2D eigenvalue weighted by molar-refractivity contribution is 5.85. The van der Waals surface area contributed by atoms with Crippen molar-refractivity contribution in [3.05, 3.63) is 0 Å². The Hall–Kier alpha value is -0.410. The molecule has 12 heavy (non-hydrogen) atoms. The van der Waals surface area contributed by atoms with Crippen LogP contribution in [0.3, 0.4) is 0 Å². The zero-order valence-corrected chi connectivity index (χ0v) is 8.56. The van der Waals surface area contributed by atoms with Crippen LogP contribution >= 0.6 is 0 Å². The Bertz CT molecular complexity index is 172. The summed E-state index contributed by atoms with van der Waals surface area (Å²) >= 11 is 0. The second kappa shape index (κ2) is 3.54. The average molecular weight is 173 g/mol. The van der Waals surface area contributed by atoms with Gasteiger partial charge in [0.05, 0.1) is 12.1 Å². The predicted molar refractivity (Wildman–Crippen MR) is 49.1 cm³/mol. The van der Waals surface area contributed by atoms with Crippen molar-refractivity contribution in [2.45, 2.75) is 45.7 Å². The fourth-order valence-electron chi connectivity index (χ4n) is 1.07. The van der Waals surface area contributed by atoms with Crippen molar-refractivity contribution in [1.29, 1.82) is 0 Å². The number of hydrogen-bond donors (Lipinski definition) is 2. The van der Waals surface area contributed by atoms with E-state index in [4.69, 9.17) is 5.11 Å². The number of aliphatic hydroxyl groups excluding tert-OH is 1. The van der Waals surface area contributed by atoms with E-state index in [1.165, 1.54) is 6.92 Å². The molecule has 0 heterocycles. The van der Waals surface area contributed by atoms with E-state index in [2.05, 4.69) is 5.32 Å². The third-order valence-electron chi connectivity index (χ3n) is 1.74. The normalized spacial score (nSPS) is 17.2. The van der Waals surface area contributed by atoms with E-state index in [1.807, 2.05) is 20.8 Å². The largest absolute Gasteiger partial charge is 0.394 e. The summed E-state index contributed by atoms with van der Waals surface area (Å²) in [4.78, 5) is 11.2. The fraction of sp³-hybridized carbons (Fsp3) is 0.889. The van der Waals surface area contributed by atoms with Crippen LogP contribution in [-0.4, -0.2) is 28.6 Å². The molecule has 72 valence electrons. The van der Waals surface area contributed by atoms with Crippen LogP contribution in [0.15, 0.2) is 0 Å². The number of aliphatic hydroxyl groups is 1. The van der Waals surface area contributed by atoms with Gasteiger partial charge in [-0.3, -0.25) is 10.1 Å². The van der Waals surface area contributed by atoms with Crippen molar-refractivity contribution >= 4 is 5.78 Å². The Morgan fingerprint density at radius 3 is 1.83 bits per heavy atom. The Labute approximate surface area is 74.2 Å². The first-order valence-corrected chi connectivity index (χ1v) is 4.12. The van der Waals surface area contributed by atoms with Gasteiger partial charge in [0.1, 0.15) is 0 Å². The van der Waals surface area contributed by atoms with Gasteiger partial charge >= 0.3 is 0 Å². The standard InChI is InChI=1S/C9H19NO2/c1-7(12)9(5,6-11)10-8(2,3)4/h10-11H,6H2,1-5H3/t9-/m0/s1. The number of Topliss-reactive ketones (excluding diaryl/α,β-unsaturated/α-hetero) is 1. The minimum absolute atomic E-state index is 0.0417. The number of hydrogen-bond acceptors (Lipinski definition) is 3. The van der Waals surface area contributed by atoms with Gasteiger partial charge in [0.15, 0.2) is 5.78 Å². The zero-order valence-electron chi connectivity index (χ0n) is 8.56. The number of rotatable bonds is 3. The van der Waals surface area contributed by atoms with Crippen LogP contribution in [-0.2, 0) is 4.79 Å². The molecule has 3 nitrogen and oxygen atoms in total. The lowest BCUT2D eigenvalue weighted by Gasteiger charge is -2.34. The predicted octanol–water partition coefficient (Wildman–Crippen LogP) is 0.714. The molecule has 1 atom stereocenters. The Morgan fingerprint density at radius 2 is 1.75 bits per heavy atom. The van der Waals surface area contributed by atoms with Crippen molar-refractivity contribution in [3.8, 4) is 0 Å². The van der Waals surface area contributed by atoms with E-state index < -0.39 is 5.54 Å². The molecule has 0 radical (unpaired) electrons. The molecule has 0 saturated carbocycles. The molecule has 0 saturated heterocycles. The fourth-order valence-corrected chi connectivity index (χ4v) is 1.07. The van der Waals surface area contributed by atoms with Crippen molar-refractivity contribution in [3.63, 3.8) is 0 Å². The molecular formula is C9H19NO2. The molecule has 0 aliphatic rings. The maximum Gasteiger partial charge on any atom is 0.151 e. The molecule has 3 heteroatoms. The summed E-state index contributed by atoms with van der Waals surface area (Å²) in [5, 5.41) is 12.1. The van der Waals surface area contributed by atoms with Gasteiger partial charge < -0.3 is 5.11 Å². The van der Waals surface area contributed by atoms with Crippen LogP contribution in [0.25, 0.3) is 0 Å². The van der Waals surface area contributed by atoms with E-state index in [1.54, 1.807) is 6.92 Å². The van der Waals surface area contributed by atoms with Crippen LogP contribution < -0.4 is 5.32 Å². The van der Waals surface area contributed by atoms with E-state index in [0.29, 0.717) is 0 Å². The highest BCUT2D eigenvalue weighted by Crippen LogP contribution is 2.11. The first-order valence-electron chi connectivity index (χ1n) is 4.12. The van der Waals surface area contributed by atoms with Crippen LogP contribution in [0.5, 0.6) is 0 Å². The highest BCUT2D eigenvalue weighted by atomic mass is 16.3. The number of carbonyl (C=O) groups excluding carboxylic acids is 1. The van der Waals surface area contributed by atoms with Gasteiger partial charge in [-0.1, -0.05) is 0 Å². The van der Waals surface area contributed by atoms with Crippen molar-refractivity contribution in [1.82, 2.24) is 5.32 Å². The molecule has 0 aliphatic carbocycles. The quantitative estimate of drug-likeness (QED) is 0.661. The Balaban J connectivity index is 4.46. The minimum atomic E-state index is -0.807. The molecule has 0 rings (SSSR count). The van der Waals surface area contributed by atoms with Crippen LogP contribution in [0.1, 0.15) is 34.6 Å². The third-order valence-corrected chi connectivity index (χ3v) is 1.74. The lowest BCUT2D eigenvalue weighted by Crippen LogP contribution is -2.58. The lowest BCUT2D eigenvalue weighted by molar-refractivity contribution is -0.125. The molecule has 0 aliphatic heterocycles. The van der Waals surface area contributed by atoms with Gasteiger partial charge in [-0.05, 0) is 34.6 Å². The van der Waals surface area contributed by atoms with E-state index in [9.17, 15) is 4.79 Å². The van der Waals surface area contributed by atoms with E-state index >= 15 is 0 Å². The first kappa shape index (κ1) is 11.6. The maximum atomic E-state index is 11.2. The van der Waals surface area contributed by atoms with Crippen molar-refractivity contribution in [2.75, 3.05) is 6.61 Å².